The number of hydrogen-bond donors (Lipinski definition) is 4. The summed E-state index contributed by atoms with van der Waals surface area (Å²) in [4.78, 5) is 52.1. The van der Waals surface area contributed by atoms with Gasteiger partial charge in [-0.3, -0.25) is 14.4 Å². The van der Waals surface area contributed by atoms with Crippen LogP contribution in [-0.2, 0) is 4.79 Å². The SMILES string of the molecule is CCCNc1nc(Nc2ccc(C(N)=O)cc2)ncc1C(=O)Nc1cccc(N2CCN(C(=O)C=CCN(C)C)CC2)c1. The van der Waals surface area contributed by atoms with Crippen molar-refractivity contribution >= 4 is 46.5 Å². The van der Waals surface area contributed by atoms with Crippen molar-refractivity contribution in [2.24, 2.45) is 5.73 Å². The number of carbonyl (C=O) groups excluding carboxylic acids is 3. The number of carbonyl (C=O) groups is 3. The summed E-state index contributed by atoms with van der Waals surface area (Å²) >= 11 is 0. The molecule has 2 aromatic carbocycles. The van der Waals surface area contributed by atoms with E-state index in [2.05, 4.69) is 30.8 Å². The summed E-state index contributed by atoms with van der Waals surface area (Å²) in [6, 6.07) is 14.3. The third kappa shape index (κ3) is 8.76. The minimum Gasteiger partial charge on any atom is -0.369 e. The number of aromatic nitrogens is 2. The molecule has 5 N–H and O–H groups in total. The minimum atomic E-state index is -0.506. The molecule has 2 heterocycles. The number of benzene rings is 2. The second-order valence-electron chi connectivity index (χ2n) is 10.4. The van der Waals surface area contributed by atoms with Crippen molar-refractivity contribution in [1.29, 1.82) is 0 Å². The van der Waals surface area contributed by atoms with Crippen LogP contribution in [-0.4, -0.2) is 90.9 Å². The zero-order valence-corrected chi connectivity index (χ0v) is 24.8. The molecule has 0 spiro atoms. The van der Waals surface area contributed by atoms with Gasteiger partial charge in [0.1, 0.15) is 11.4 Å². The summed E-state index contributed by atoms with van der Waals surface area (Å²) in [5, 5.41) is 9.28. The van der Waals surface area contributed by atoms with E-state index in [1.54, 1.807) is 30.3 Å². The molecule has 1 saturated heterocycles. The van der Waals surface area contributed by atoms with E-state index in [9.17, 15) is 14.4 Å². The van der Waals surface area contributed by atoms with Crippen molar-refractivity contribution < 1.29 is 14.4 Å². The van der Waals surface area contributed by atoms with E-state index in [4.69, 9.17) is 5.73 Å². The Balaban J connectivity index is 1.41. The van der Waals surface area contributed by atoms with E-state index in [0.717, 1.165) is 18.7 Å². The van der Waals surface area contributed by atoms with Crippen molar-refractivity contribution in [3.8, 4) is 0 Å². The average molecular weight is 586 g/mol. The Morgan fingerprint density at radius 1 is 1.02 bits per heavy atom. The maximum absolute atomic E-state index is 13.3. The summed E-state index contributed by atoms with van der Waals surface area (Å²) in [5.41, 5.74) is 8.31. The van der Waals surface area contributed by atoms with Crippen molar-refractivity contribution in [1.82, 2.24) is 19.8 Å². The molecule has 3 aromatic rings. The number of nitrogens with zero attached hydrogens (tertiary/aromatic N) is 5. The highest BCUT2D eigenvalue weighted by atomic mass is 16.2. The smallest absolute Gasteiger partial charge is 0.260 e. The fourth-order valence-electron chi connectivity index (χ4n) is 4.47. The Bertz CT molecular complexity index is 1450. The van der Waals surface area contributed by atoms with Gasteiger partial charge in [-0.15, -0.1) is 0 Å². The Morgan fingerprint density at radius 2 is 1.77 bits per heavy atom. The largest absolute Gasteiger partial charge is 0.369 e. The van der Waals surface area contributed by atoms with Crippen LogP contribution in [0, 0.1) is 0 Å². The molecular formula is C31H39N9O3. The van der Waals surface area contributed by atoms with Gasteiger partial charge in [0.25, 0.3) is 5.91 Å². The lowest BCUT2D eigenvalue weighted by Gasteiger charge is -2.35. The molecule has 0 bridgehead atoms. The molecule has 0 aliphatic carbocycles. The van der Waals surface area contributed by atoms with Gasteiger partial charge >= 0.3 is 0 Å². The predicted octanol–water partition coefficient (Wildman–Crippen LogP) is 3.16. The minimum absolute atomic E-state index is 0.0272. The number of nitrogens with one attached hydrogen (secondary N) is 3. The summed E-state index contributed by atoms with van der Waals surface area (Å²) < 4.78 is 0. The summed E-state index contributed by atoms with van der Waals surface area (Å²) in [6.07, 6.45) is 5.85. The van der Waals surface area contributed by atoms with Crippen LogP contribution < -0.4 is 26.6 Å². The molecule has 0 unspecified atom stereocenters. The molecule has 12 nitrogen and oxygen atoms in total. The van der Waals surface area contributed by atoms with Crippen molar-refractivity contribution in [2.75, 3.05) is 74.2 Å². The Kier molecular flexibility index (Phi) is 10.6. The van der Waals surface area contributed by atoms with Crippen LogP contribution in [0.25, 0.3) is 0 Å². The van der Waals surface area contributed by atoms with E-state index in [-0.39, 0.29) is 11.8 Å². The fourth-order valence-corrected chi connectivity index (χ4v) is 4.47. The van der Waals surface area contributed by atoms with Crippen LogP contribution in [0.15, 0.2) is 66.9 Å². The number of primary amides is 1. The summed E-state index contributed by atoms with van der Waals surface area (Å²) in [7, 11) is 3.93. The first-order valence-corrected chi connectivity index (χ1v) is 14.3. The van der Waals surface area contributed by atoms with Gasteiger partial charge in [0.15, 0.2) is 0 Å². The predicted molar refractivity (Wildman–Crippen MR) is 170 cm³/mol. The van der Waals surface area contributed by atoms with Gasteiger partial charge in [-0.2, -0.15) is 4.98 Å². The van der Waals surface area contributed by atoms with Gasteiger partial charge in [0.2, 0.25) is 17.8 Å². The molecule has 0 saturated carbocycles. The number of rotatable bonds is 12. The molecule has 4 rings (SSSR count). The van der Waals surface area contributed by atoms with E-state index >= 15 is 0 Å². The van der Waals surface area contributed by atoms with Gasteiger partial charge in [-0.05, 0) is 63.0 Å². The molecule has 0 atom stereocenters. The number of likely N-dealkylation sites (N-methyl/N-ethyl adjacent to an activating group) is 1. The zero-order valence-electron chi connectivity index (χ0n) is 24.8. The summed E-state index contributed by atoms with van der Waals surface area (Å²) in [6.45, 7) is 6.02. The highest BCUT2D eigenvalue weighted by Crippen LogP contribution is 2.23. The van der Waals surface area contributed by atoms with E-state index in [1.165, 1.54) is 6.20 Å². The van der Waals surface area contributed by atoms with Crippen LogP contribution in [0.2, 0.25) is 0 Å². The second kappa shape index (κ2) is 14.8. The first-order valence-electron chi connectivity index (χ1n) is 14.3. The maximum atomic E-state index is 13.3. The van der Waals surface area contributed by atoms with Gasteiger partial charge in [0.05, 0.1) is 0 Å². The van der Waals surface area contributed by atoms with E-state index in [0.29, 0.717) is 67.0 Å². The van der Waals surface area contributed by atoms with Gasteiger partial charge < -0.3 is 36.4 Å². The molecule has 43 heavy (non-hydrogen) atoms. The molecule has 1 aliphatic heterocycles. The van der Waals surface area contributed by atoms with E-state index in [1.807, 2.05) is 61.2 Å². The highest BCUT2D eigenvalue weighted by Gasteiger charge is 2.21. The monoisotopic (exact) mass is 585 g/mol. The Labute approximate surface area is 252 Å². The van der Waals surface area contributed by atoms with Gasteiger partial charge in [-0.25, -0.2) is 4.98 Å². The zero-order chi connectivity index (χ0) is 30.8. The van der Waals surface area contributed by atoms with Gasteiger partial charge in [0, 0.05) is 74.2 Å². The van der Waals surface area contributed by atoms with Crippen molar-refractivity contribution in [3.63, 3.8) is 0 Å². The lowest BCUT2D eigenvalue weighted by Crippen LogP contribution is -2.48. The lowest BCUT2D eigenvalue weighted by atomic mass is 10.2. The lowest BCUT2D eigenvalue weighted by molar-refractivity contribution is -0.126. The first kappa shape index (κ1) is 31.0. The van der Waals surface area contributed by atoms with Crippen molar-refractivity contribution in [3.05, 3.63) is 78.0 Å². The first-order chi connectivity index (χ1) is 20.7. The quantitative estimate of drug-likeness (QED) is 0.235. The molecular weight excluding hydrogens is 546 g/mol. The van der Waals surface area contributed by atoms with Crippen LogP contribution in [0.3, 0.4) is 0 Å². The fraction of sp³-hybridized carbons (Fsp3) is 0.323. The number of amides is 3. The Hall–Kier alpha value is -4.97. The molecule has 0 radical (unpaired) electrons. The average Bonchev–Trinajstić information content (AvgIpc) is 3.00. The number of piperazine rings is 1. The number of anilines is 5. The number of nitrogens with two attached hydrogens (primary N) is 1. The summed E-state index contributed by atoms with van der Waals surface area (Å²) in [5.74, 6) is -0.113. The Morgan fingerprint density at radius 3 is 2.44 bits per heavy atom. The van der Waals surface area contributed by atoms with Crippen molar-refractivity contribution in [2.45, 2.75) is 13.3 Å². The van der Waals surface area contributed by atoms with Crippen LogP contribution in [0.5, 0.6) is 0 Å². The normalized spacial score (nSPS) is 13.3. The third-order valence-electron chi connectivity index (χ3n) is 6.79. The molecule has 1 aliphatic rings. The molecule has 3 amide bonds. The molecule has 1 fully saturated rings. The maximum Gasteiger partial charge on any atom is 0.260 e. The molecule has 1 aromatic heterocycles. The number of hydrogen-bond acceptors (Lipinski definition) is 9. The van der Waals surface area contributed by atoms with Crippen LogP contribution in [0.1, 0.15) is 34.1 Å². The third-order valence-corrected chi connectivity index (χ3v) is 6.79. The van der Waals surface area contributed by atoms with Crippen LogP contribution >= 0.6 is 0 Å². The topological polar surface area (TPSA) is 149 Å². The standard InChI is InChI=1S/C31H39N9O3/c1-4-14-33-29-26(21-34-31(37-29)36-23-12-10-22(11-13-23)28(32)42)30(43)35-24-7-5-8-25(20-24)39-16-18-40(19-17-39)27(41)9-6-15-38(2)3/h5-13,20-21H,4,14-19H2,1-3H3,(H2,32,42)(H,35,43)(H2,33,34,36,37). The molecule has 226 valence electrons. The highest BCUT2D eigenvalue weighted by molar-refractivity contribution is 6.07. The van der Waals surface area contributed by atoms with Crippen LogP contribution in [0.4, 0.5) is 28.8 Å². The van der Waals surface area contributed by atoms with Gasteiger partial charge in [-0.1, -0.05) is 19.1 Å². The van der Waals surface area contributed by atoms with E-state index < -0.39 is 5.91 Å². The molecule has 12 heteroatoms. The second-order valence-corrected chi connectivity index (χ2v) is 10.4.